The van der Waals surface area contributed by atoms with Gasteiger partial charge in [-0.15, -0.1) is 0 Å². The van der Waals surface area contributed by atoms with E-state index in [4.69, 9.17) is 14.2 Å². The lowest BCUT2D eigenvalue weighted by Gasteiger charge is -2.33. The molecule has 2 aliphatic heterocycles. The first-order valence-electron chi connectivity index (χ1n) is 10.2. The molecular formula is C23H26N2O5. The number of anilines is 2. The maximum absolute atomic E-state index is 13.1. The predicted octanol–water partition coefficient (Wildman–Crippen LogP) is 3.64. The number of hydrogen-bond acceptors (Lipinski definition) is 6. The zero-order chi connectivity index (χ0) is 21.1. The lowest BCUT2D eigenvalue weighted by molar-refractivity contribution is 0.0600. The lowest BCUT2D eigenvalue weighted by atomic mass is 10.1. The highest BCUT2D eigenvalue weighted by atomic mass is 16.5. The average molecular weight is 410 g/mol. The van der Waals surface area contributed by atoms with Crippen molar-refractivity contribution in [1.82, 2.24) is 4.90 Å². The lowest BCUT2D eigenvalue weighted by Crippen LogP contribution is -2.36. The fourth-order valence-corrected chi connectivity index (χ4v) is 4.01. The number of hydrogen-bond donors (Lipinski definition) is 0. The van der Waals surface area contributed by atoms with E-state index >= 15 is 0 Å². The van der Waals surface area contributed by atoms with E-state index in [1.807, 2.05) is 23.1 Å². The maximum Gasteiger partial charge on any atom is 0.337 e. The van der Waals surface area contributed by atoms with Gasteiger partial charge in [0, 0.05) is 24.8 Å². The Balaban J connectivity index is 1.66. The molecule has 0 N–H and O–H groups in total. The van der Waals surface area contributed by atoms with Crippen LogP contribution in [-0.4, -0.2) is 57.2 Å². The van der Waals surface area contributed by atoms with Crippen LogP contribution in [0.3, 0.4) is 0 Å². The molecule has 30 heavy (non-hydrogen) atoms. The summed E-state index contributed by atoms with van der Waals surface area (Å²) < 4.78 is 16.2. The van der Waals surface area contributed by atoms with E-state index < -0.39 is 0 Å². The van der Waals surface area contributed by atoms with Crippen molar-refractivity contribution in [2.45, 2.75) is 19.3 Å². The van der Waals surface area contributed by atoms with Crippen LogP contribution in [0.4, 0.5) is 11.4 Å². The molecule has 1 fully saturated rings. The molecule has 2 aliphatic rings. The highest BCUT2D eigenvalue weighted by molar-refractivity contribution is 5.99. The summed E-state index contributed by atoms with van der Waals surface area (Å²) in [6, 6.07) is 10.9. The largest absolute Gasteiger partial charge is 0.496 e. The molecule has 0 unspecified atom stereocenters. The van der Waals surface area contributed by atoms with E-state index in [-0.39, 0.29) is 11.9 Å². The standard InChI is InChI=1S/C23H26N2O5/c1-28-20-15-19-21(14-18(20)22(26)24-10-4-3-5-11-24)30-13-12-25(19)17-8-6-16(7-9-17)23(27)29-2/h6-9,14-15H,3-5,10-13H2,1-2H3. The highest BCUT2D eigenvalue weighted by Crippen LogP contribution is 2.41. The van der Waals surface area contributed by atoms with Gasteiger partial charge < -0.3 is 24.0 Å². The number of fused-ring (bicyclic) bond motifs is 1. The molecule has 0 atom stereocenters. The van der Waals surface area contributed by atoms with Crippen molar-refractivity contribution in [3.05, 3.63) is 47.5 Å². The Kier molecular flexibility index (Phi) is 5.79. The molecule has 0 aromatic heterocycles. The first-order valence-corrected chi connectivity index (χ1v) is 10.2. The van der Waals surface area contributed by atoms with E-state index in [9.17, 15) is 9.59 Å². The van der Waals surface area contributed by atoms with Gasteiger partial charge in [-0.3, -0.25) is 4.79 Å². The summed E-state index contributed by atoms with van der Waals surface area (Å²) in [7, 11) is 2.94. The van der Waals surface area contributed by atoms with Crippen LogP contribution >= 0.6 is 0 Å². The van der Waals surface area contributed by atoms with Gasteiger partial charge >= 0.3 is 5.97 Å². The number of piperidine rings is 1. The predicted molar refractivity (Wildman–Crippen MR) is 113 cm³/mol. The number of likely N-dealkylation sites (tertiary alicyclic amines) is 1. The topological polar surface area (TPSA) is 68.3 Å². The monoisotopic (exact) mass is 410 g/mol. The summed E-state index contributed by atoms with van der Waals surface area (Å²) in [6.45, 7) is 2.69. The summed E-state index contributed by atoms with van der Waals surface area (Å²) in [6.07, 6.45) is 3.23. The van der Waals surface area contributed by atoms with Crippen molar-refractivity contribution in [2.75, 3.05) is 45.4 Å². The number of ether oxygens (including phenoxy) is 3. The van der Waals surface area contributed by atoms with Gasteiger partial charge in [0.15, 0.2) is 0 Å². The fraction of sp³-hybridized carbons (Fsp3) is 0.391. The van der Waals surface area contributed by atoms with E-state index in [1.54, 1.807) is 25.3 Å². The molecule has 2 aromatic carbocycles. The zero-order valence-corrected chi connectivity index (χ0v) is 17.3. The van der Waals surface area contributed by atoms with Gasteiger partial charge in [-0.2, -0.15) is 0 Å². The Morgan fingerprint density at radius 2 is 1.70 bits per heavy atom. The van der Waals surface area contributed by atoms with Crippen molar-refractivity contribution in [3.63, 3.8) is 0 Å². The highest BCUT2D eigenvalue weighted by Gasteiger charge is 2.27. The minimum Gasteiger partial charge on any atom is -0.496 e. The number of benzene rings is 2. The molecule has 0 aliphatic carbocycles. The summed E-state index contributed by atoms with van der Waals surface area (Å²) in [4.78, 5) is 28.8. The molecule has 7 heteroatoms. The minimum absolute atomic E-state index is 0.0162. The molecule has 0 saturated carbocycles. The molecule has 2 aromatic rings. The molecule has 7 nitrogen and oxygen atoms in total. The van der Waals surface area contributed by atoms with Gasteiger partial charge in [0.2, 0.25) is 0 Å². The number of esters is 1. The number of carbonyl (C=O) groups excluding carboxylic acids is 2. The van der Waals surface area contributed by atoms with Gasteiger partial charge in [-0.05, 0) is 49.6 Å². The summed E-state index contributed by atoms with van der Waals surface area (Å²) in [5.74, 6) is 0.800. The second-order valence-electron chi connectivity index (χ2n) is 7.41. The smallest absolute Gasteiger partial charge is 0.337 e. The van der Waals surface area contributed by atoms with Crippen molar-refractivity contribution in [3.8, 4) is 11.5 Å². The third-order valence-corrected chi connectivity index (χ3v) is 5.62. The zero-order valence-electron chi connectivity index (χ0n) is 17.3. The molecule has 0 bridgehead atoms. The van der Waals surface area contributed by atoms with E-state index in [1.165, 1.54) is 7.11 Å². The number of carbonyl (C=O) groups is 2. The van der Waals surface area contributed by atoms with Gasteiger partial charge in [-0.1, -0.05) is 0 Å². The Morgan fingerprint density at radius 3 is 2.37 bits per heavy atom. The molecule has 0 spiro atoms. The van der Waals surface area contributed by atoms with E-state index in [2.05, 4.69) is 4.90 Å². The molecule has 4 rings (SSSR count). The first-order chi connectivity index (χ1) is 14.6. The molecule has 158 valence electrons. The van der Waals surface area contributed by atoms with Crippen LogP contribution < -0.4 is 14.4 Å². The van der Waals surface area contributed by atoms with Crippen molar-refractivity contribution >= 4 is 23.3 Å². The van der Waals surface area contributed by atoms with E-state index in [0.717, 1.165) is 43.7 Å². The molecule has 1 saturated heterocycles. The second-order valence-corrected chi connectivity index (χ2v) is 7.41. The van der Waals surface area contributed by atoms with Gasteiger partial charge in [0.1, 0.15) is 18.1 Å². The first kappa shape index (κ1) is 20.1. The molecule has 0 radical (unpaired) electrons. The Labute approximate surface area is 176 Å². The Bertz CT molecular complexity index is 935. The Hall–Kier alpha value is -3.22. The van der Waals surface area contributed by atoms with Gasteiger partial charge in [0.25, 0.3) is 5.91 Å². The van der Waals surface area contributed by atoms with Crippen LogP contribution in [0.15, 0.2) is 36.4 Å². The van der Waals surface area contributed by atoms with Crippen LogP contribution in [0, 0.1) is 0 Å². The van der Waals surface area contributed by atoms with Gasteiger partial charge in [0.05, 0.1) is 37.6 Å². The van der Waals surface area contributed by atoms with Crippen molar-refractivity contribution in [1.29, 1.82) is 0 Å². The number of methoxy groups -OCH3 is 2. The van der Waals surface area contributed by atoms with Crippen LogP contribution in [0.1, 0.15) is 40.0 Å². The van der Waals surface area contributed by atoms with Crippen LogP contribution in [0.5, 0.6) is 11.5 Å². The van der Waals surface area contributed by atoms with Crippen LogP contribution in [-0.2, 0) is 4.74 Å². The third kappa shape index (κ3) is 3.79. The number of nitrogens with zero attached hydrogens (tertiary/aromatic N) is 2. The summed E-state index contributed by atoms with van der Waals surface area (Å²) in [5.41, 5.74) is 2.78. The maximum atomic E-state index is 13.1. The van der Waals surface area contributed by atoms with Crippen LogP contribution in [0.25, 0.3) is 0 Å². The molecule has 2 heterocycles. The molecule has 1 amide bonds. The quantitative estimate of drug-likeness (QED) is 0.717. The fourth-order valence-electron chi connectivity index (χ4n) is 4.01. The summed E-state index contributed by atoms with van der Waals surface area (Å²) >= 11 is 0. The number of amides is 1. The SMILES string of the molecule is COC(=O)c1ccc(N2CCOc3cc(C(=O)N4CCCCC4)c(OC)cc32)cc1. The second kappa shape index (κ2) is 8.65. The third-order valence-electron chi connectivity index (χ3n) is 5.62. The van der Waals surface area contributed by atoms with Crippen LogP contribution in [0.2, 0.25) is 0 Å². The van der Waals surface area contributed by atoms with Gasteiger partial charge in [-0.25, -0.2) is 4.79 Å². The van der Waals surface area contributed by atoms with Crippen molar-refractivity contribution in [2.24, 2.45) is 0 Å². The average Bonchev–Trinajstić information content (AvgIpc) is 2.82. The summed E-state index contributed by atoms with van der Waals surface area (Å²) in [5, 5.41) is 0. The Morgan fingerprint density at radius 1 is 0.967 bits per heavy atom. The van der Waals surface area contributed by atoms with E-state index in [0.29, 0.717) is 35.8 Å². The van der Waals surface area contributed by atoms with Crippen molar-refractivity contribution < 1.29 is 23.8 Å². The molecular weight excluding hydrogens is 384 g/mol. The minimum atomic E-state index is -0.369. The number of rotatable bonds is 4. The normalized spacial score (nSPS) is 15.8.